The van der Waals surface area contributed by atoms with E-state index >= 15 is 0 Å². The van der Waals surface area contributed by atoms with Crippen LogP contribution in [-0.4, -0.2) is 29.3 Å². The molecule has 0 atom stereocenters. The first-order valence-electron chi connectivity index (χ1n) is 5.19. The lowest BCUT2D eigenvalue weighted by Crippen LogP contribution is -2.09. The molecule has 4 N–H and O–H groups in total. The van der Waals surface area contributed by atoms with Gasteiger partial charge in [0.2, 0.25) is 5.91 Å². The van der Waals surface area contributed by atoms with Crippen molar-refractivity contribution in [3.63, 3.8) is 0 Å². The molecular formula is C10H23NO3. The van der Waals surface area contributed by atoms with Crippen LogP contribution in [0.3, 0.4) is 0 Å². The van der Waals surface area contributed by atoms with Gasteiger partial charge in [-0.15, -0.1) is 0 Å². The van der Waals surface area contributed by atoms with E-state index in [9.17, 15) is 4.79 Å². The van der Waals surface area contributed by atoms with Gasteiger partial charge < -0.3 is 15.9 Å². The Hall–Kier alpha value is -0.610. The van der Waals surface area contributed by atoms with Crippen molar-refractivity contribution in [2.75, 3.05) is 13.2 Å². The fourth-order valence-corrected chi connectivity index (χ4v) is 0.903. The highest BCUT2D eigenvalue weighted by atomic mass is 16.3. The topological polar surface area (TPSA) is 83.6 Å². The average molecular weight is 205 g/mol. The number of carbonyl (C=O) groups excluding carboxylic acids is 1. The van der Waals surface area contributed by atoms with Crippen molar-refractivity contribution in [1.82, 2.24) is 0 Å². The molecule has 1 amide bonds. The zero-order valence-corrected chi connectivity index (χ0v) is 9.04. The van der Waals surface area contributed by atoms with E-state index in [-0.39, 0.29) is 19.1 Å². The van der Waals surface area contributed by atoms with E-state index in [0.29, 0.717) is 6.42 Å². The van der Waals surface area contributed by atoms with E-state index in [2.05, 4.69) is 6.92 Å². The maximum Gasteiger partial charge on any atom is 0.217 e. The largest absolute Gasteiger partial charge is 0.394 e. The molecule has 0 unspecified atom stereocenters. The number of rotatable bonds is 7. The number of unbranched alkanes of at least 4 members (excludes halogenated alkanes) is 4. The molecular weight excluding hydrogens is 182 g/mol. The molecule has 86 valence electrons. The average Bonchev–Trinajstić information content (AvgIpc) is 2.18. The minimum absolute atomic E-state index is 0.125. The molecule has 0 radical (unpaired) electrons. The van der Waals surface area contributed by atoms with Crippen LogP contribution in [0.2, 0.25) is 0 Å². The summed E-state index contributed by atoms with van der Waals surface area (Å²) in [5.41, 5.74) is 4.97. The molecule has 0 aromatic heterocycles. The zero-order valence-electron chi connectivity index (χ0n) is 9.04. The van der Waals surface area contributed by atoms with E-state index < -0.39 is 0 Å². The second-order valence-corrected chi connectivity index (χ2v) is 3.08. The Morgan fingerprint density at radius 2 is 1.57 bits per heavy atom. The highest BCUT2D eigenvalue weighted by Gasteiger charge is 1.92. The van der Waals surface area contributed by atoms with Crippen molar-refractivity contribution in [2.24, 2.45) is 5.73 Å². The van der Waals surface area contributed by atoms with Gasteiger partial charge in [0.05, 0.1) is 13.2 Å². The SMILES string of the molecule is CCCCCCCC(N)=O.OCCO. The molecule has 0 bridgehead atoms. The molecule has 4 heteroatoms. The maximum absolute atomic E-state index is 10.3. The molecule has 0 aliphatic carbocycles. The maximum atomic E-state index is 10.3. The lowest BCUT2D eigenvalue weighted by molar-refractivity contribution is -0.118. The van der Waals surface area contributed by atoms with Crippen molar-refractivity contribution in [3.8, 4) is 0 Å². The van der Waals surface area contributed by atoms with Gasteiger partial charge in [-0.1, -0.05) is 32.6 Å². The molecule has 0 rings (SSSR count). The molecule has 0 heterocycles. The molecule has 0 aliphatic rings. The zero-order chi connectivity index (χ0) is 11.2. The Morgan fingerprint density at radius 1 is 1.07 bits per heavy atom. The number of hydrogen-bond acceptors (Lipinski definition) is 3. The molecule has 0 saturated heterocycles. The Kier molecular flexibility index (Phi) is 16.9. The second kappa shape index (κ2) is 14.9. The number of carbonyl (C=O) groups is 1. The molecule has 0 aromatic carbocycles. The number of nitrogens with two attached hydrogens (primary N) is 1. The second-order valence-electron chi connectivity index (χ2n) is 3.08. The molecule has 4 nitrogen and oxygen atoms in total. The van der Waals surface area contributed by atoms with E-state index in [4.69, 9.17) is 15.9 Å². The summed E-state index contributed by atoms with van der Waals surface area (Å²) in [6.07, 6.45) is 6.44. The van der Waals surface area contributed by atoms with Gasteiger partial charge >= 0.3 is 0 Å². The summed E-state index contributed by atoms with van der Waals surface area (Å²) >= 11 is 0. The van der Waals surface area contributed by atoms with Crippen LogP contribution in [0.5, 0.6) is 0 Å². The van der Waals surface area contributed by atoms with Crippen LogP contribution in [-0.2, 0) is 4.79 Å². The monoisotopic (exact) mass is 205 g/mol. The van der Waals surface area contributed by atoms with Crippen molar-refractivity contribution in [2.45, 2.75) is 45.4 Å². The van der Waals surface area contributed by atoms with Crippen LogP contribution in [0.4, 0.5) is 0 Å². The van der Waals surface area contributed by atoms with Crippen LogP contribution in [0.25, 0.3) is 0 Å². The first-order valence-corrected chi connectivity index (χ1v) is 5.19. The summed E-state index contributed by atoms with van der Waals surface area (Å²) in [5, 5.41) is 15.2. The summed E-state index contributed by atoms with van der Waals surface area (Å²) < 4.78 is 0. The van der Waals surface area contributed by atoms with Crippen LogP contribution in [0.15, 0.2) is 0 Å². The third-order valence-electron chi connectivity index (χ3n) is 1.63. The van der Waals surface area contributed by atoms with E-state index in [0.717, 1.165) is 12.8 Å². The van der Waals surface area contributed by atoms with E-state index in [1.54, 1.807) is 0 Å². The van der Waals surface area contributed by atoms with Gasteiger partial charge in [-0.05, 0) is 6.42 Å². The van der Waals surface area contributed by atoms with Gasteiger partial charge in [-0.2, -0.15) is 0 Å². The van der Waals surface area contributed by atoms with E-state index in [1.807, 2.05) is 0 Å². The van der Waals surface area contributed by atoms with Gasteiger partial charge in [0.1, 0.15) is 0 Å². The van der Waals surface area contributed by atoms with E-state index in [1.165, 1.54) is 19.3 Å². The molecule has 0 fully saturated rings. The minimum Gasteiger partial charge on any atom is -0.394 e. The normalized spacial score (nSPS) is 9.07. The van der Waals surface area contributed by atoms with Crippen molar-refractivity contribution in [1.29, 1.82) is 0 Å². The lowest BCUT2D eigenvalue weighted by atomic mass is 10.1. The highest BCUT2D eigenvalue weighted by molar-refractivity contribution is 5.73. The Bertz CT molecular complexity index is 116. The van der Waals surface area contributed by atoms with Crippen LogP contribution in [0.1, 0.15) is 45.4 Å². The molecule has 14 heavy (non-hydrogen) atoms. The fraction of sp³-hybridized carbons (Fsp3) is 0.900. The standard InChI is InChI=1S/C8H17NO.C2H6O2/c1-2-3-4-5-6-7-8(9)10;3-1-2-4/h2-7H2,1H3,(H2,9,10);3-4H,1-2H2. The van der Waals surface area contributed by atoms with Gasteiger partial charge in [-0.3, -0.25) is 4.79 Å². The number of primary amides is 1. The van der Waals surface area contributed by atoms with Crippen molar-refractivity contribution < 1.29 is 15.0 Å². The van der Waals surface area contributed by atoms with Crippen LogP contribution in [0, 0.1) is 0 Å². The van der Waals surface area contributed by atoms with Gasteiger partial charge in [0.25, 0.3) is 0 Å². The third-order valence-corrected chi connectivity index (χ3v) is 1.63. The smallest absolute Gasteiger partial charge is 0.217 e. The summed E-state index contributed by atoms with van der Waals surface area (Å²) in [5.74, 6) is -0.170. The van der Waals surface area contributed by atoms with Gasteiger partial charge in [-0.25, -0.2) is 0 Å². The molecule has 0 aromatic rings. The first-order chi connectivity index (χ1) is 6.68. The summed E-state index contributed by atoms with van der Waals surface area (Å²) in [6, 6.07) is 0. The summed E-state index contributed by atoms with van der Waals surface area (Å²) in [7, 11) is 0. The number of hydrogen-bond donors (Lipinski definition) is 3. The summed E-state index contributed by atoms with van der Waals surface area (Å²) in [6.45, 7) is 1.92. The Labute approximate surface area is 86.1 Å². The van der Waals surface area contributed by atoms with Crippen LogP contribution >= 0.6 is 0 Å². The van der Waals surface area contributed by atoms with Crippen molar-refractivity contribution in [3.05, 3.63) is 0 Å². The number of aliphatic hydroxyl groups excluding tert-OH is 2. The Balaban J connectivity index is 0. The first kappa shape index (κ1) is 15.8. The van der Waals surface area contributed by atoms with Gasteiger partial charge in [0.15, 0.2) is 0 Å². The summed E-state index contributed by atoms with van der Waals surface area (Å²) in [4.78, 5) is 10.3. The van der Waals surface area contributed by atoms with Gasteiger partial charge in [0, 0.05) is 6.42 Å². The quantitative estimate of drug-likeness (QED) is 0.538. The predicted octanol–water partition coefficient (Wildman–Crippen LogP) is 0.803. The number of aliphatic hydroxyl groups is 2. The minimum atomic E-state index is -0.170. The molecule has 0 spiro atoms. The third kappa shape index (κ3) is 22.5. The van der Waals surface area contributed by atoms with Crippen molar-refractivity contribution >= 4 is 5.91 Å². The molecule has 0 aliphatic heterocycles. The predicted molar refractivity (Wildman–Crippen MR) is 56.7 cm³/mol. The number of amides is 1. The molecule has 0 saturated carbocycles. The Morgan fingerprint density at radius 3 is 1.93 bits per heavy atom. The fourth-order valence-electron chi connectivity index (χ4n) is 0.903. The highest BCUT2D eigenvalue weighted by Crippen LogP contribution is 2.03. The lowest BCUT2D eigenvalue weighted by Gasteiger charge is -1.95. The van der Waals surface area contributed by atoms with Crippen LogP contribution < -0.4 is 5.73 Å².